The first-order chi connectivity index (χ1) is 13.6. The fourth-order valence-electron chi connectivity index (χ4n) is 3.64. The van der Waals surface area contributed by atoms with Gasteiger partial charge in [-0.15, -0.1) is 0 Å². The maximum Gasteiger partial charge on any atom is 0.311 e. The fourth-order valence-corrected chi connectivity index (χ4v) is 3.64. The van der Waals surface area contributed by atoms with Gasteiger partial charge in [0.05, 0.1) is 16.5 Å². The number of nitro benzene ring substituents is 1. The van der Waals surface area contributed by atoms with E-state index in [-0.39, 0.29) is 23.6 Å². The molecule has 0 radical (unpaired) electrons. The lowest BCUT2D eigenvalue weighted by Crippen LogP contribution is -2.12. The van der Waals surface area contributed by atoms with Gasteiger partial charge >= 0.3 is 5.69 Å². The van der Waals surface area contributed by atoms with Gasteiger partial charge in [0.25, 0.3) is 0 Å². The van der Waals surface area contributed by atoms with Crippen LogP contribution in [0.15, 0.2) is 48.8 Å². The van der Waals surface area contributed by atoms with Crippen LogP contribution in [0.3, 0.4) is 0 Å². The maximum absolute atomic E-state index is 11.7. The minimum absolute atomic E-state index is 0.00669. The Labute approximate surface area is 162 Å². The van der Waals surface area contributed by atoms with Crippen LogP contribution >= 0.6 is 0 Å². The maximum atomic E-state index is 11.7. The second kappa shape index (κ2) is 7.80. The quantitative estimate of drug-likeness (QED) is 0.478. The van der Waals surface area contributed by atoms with Crippen LogP contribution in [-0.4, -0.2) is 21.0 Å². The number of aromatic nitrogens is 2. The van der Waals surface area contributed by atoms with Gasteiger partial charge < -0.3 is 10.1 Å². The number of nitrogens with one attached hydrogen (secondary N) is 1. The van der Waals surface area contributed by atoms with Crippen LogP contribution in [0.25, 0.3) is 10.9 Å². The Kier molecular flexibility index (Phi) is 5.06. The van der Waals surface area contributed by atoms with Crippen molar-refractivity contribution in [3.63, 3.8) is 0 Å². The summed E-state index contributed by atoms with van der Waals surface area (Å²) in [6.07, 6.45) is 5.56. The van der Waals surface area contributed by atoms with E-state index in [2.05, 4.69) is 15.3 Å². The molecule has 7 nitrogen and oxygen atoms in total. The van der Waals surface area contributed by atoms with Gasteiger partial charge in [0.15, 0.2) is 5.75 Å². The smallest absolute Gasteiger partial charge is 0.311 e. The third-order valence-corrected chi connectivity index (χ3v) is 5.16. The molecule has 1 N–H and O–H groups in total. The Morgan fingerprint density at radius 1 is 1.18 bits per heavy atom. The highest BCUT2D eigenvalue weighted by molar-refractivity contribution is 5.92. The molecule has 1 unspecified atom stereocenters. The molecular weight excluding hydrogens is 356 g/mol. The third-order valence-electron chi connectivity index (χ3n) is 5.16. The van der Waals surface area contributed by atoms with E-state index in [4.69, 9.17) is 4.74 Å². The monoisotopic (exact) mass is 378 g/mol. The van der Waals surface area contributed by atoms with Gasteiger partial charge in [0, 0.05) is 23.6 Å². The SMILES string of the molecule is CC(Nc1ncnc2cc(OC3CCCC3)c([N+](=O)[O-])cc12)c1ccccc1. The highest BCUT2D eigenvalue weighted by Gasteiger charge is 2.24. The summed E-state index contributed by atoms with van der Waals surface area (Å²) in [7, 11) is 0. The number of hydrogen-bond donors (Lipinski definition) is 1. The lowest BCUT2D eigenvalue weighted by atomic mass is 10.1. The van der Waals surface area contributed by atoms with Crippen LogP contribution in [0.5, 0.6) is 5.75 Å². The number of hydrogen-bond acceptors (Lipinski definition) is 6. The Morgan fingerprint density at radius 2 is 1.93 bits per heavy atom. The number of fused-ring (bicyclic) bond motifs is 1. The molecule has 1 heterocycles. The van der Waals surface area contributed by atoms with E-state index in [1.807, 2.05) is 37.3 Å². The number of benzene rings is 2. The van der Waals surface area contributed by atoms with Gasteiger partial charge in [0.1, 0.15) is 12.1 Å². The largest absolute Gasteiger partial charge is 0.483 e. The highest BCUT2D eigenvalue weighted by atomic mass is 16.6. The summed E-state index contributed by atoms with van der Waals surface area (Å²) in [5.41, 5.74) is 1.67. The molecule has 4 rings (SSSR count). The number of rotatable bonds is 6. The van der Waals surface area contributed by atoms with Crippen molar-refractivity contribution in [2.75, 3.05) is 5.32 Å². The molecule has 1 atom stereocenters. The molecule has 2 aromatic carbocycles. The normalized spacial score (nSPS) is 15.5. The molecule has 0 bridgehead atoms. The fraction of sp³-hybridized carbons (Fsp3) is 0.333. The Balaban J connectivity index is 1.70. The molecule has 3 aromatic rings. The zero-order valence-corrected chi connectivity index (χ0v) is 15.7. The van der Waals surface area contributed by atoms with Crippen molar-refractivity contribution in [3.8, 4) is 5.75 Å². The molecule has 144 valence electrons. The van der Waals surface area contributed by atoms with Crippen LogP contribution in [0.2, 0.25) is 0 Å². The zero-order valence-electron chi connectivity index (χ0n) is 15.7. The Hall–Kier alpha value is -3.22. The Morgan fingerprint density at radius 3 is 2.64 bits per heavy atom. The van der Waals surface area contributed by atoms with Crippen molar-refractivity contribution in [2.24, 2.45) is 0 Å². The van der Waals surface area contributed by atoms with Gasteiger partial charge in [-0.3, -0.25) is 10.1 Å². The number of nitro groups is 1. The van der Waals surface area contributed by atoms with Gasteiger partial charge in [-0.25, -0.2) is 9.97 Å². The zero-order chi connectivity index (χ0) is 19.5. The van der Waals surface area contributed by atoms with Gasteiger partial charge in [0.2, 0.25) is 0 Å². The first kappa shape index (κ1) is 18.2. The van der Waals surface area contributed by atoms with E-state index >= 15 is 0 Å². The third kappa shape index (κ3) is 3.74. The van der Waals surface area contributed by atoms with Crippen molar-refractivity contribution in [2.45, 2.75) is 44.8 Å². The van der Waals surface area contributed by atoms with Crippen molar-refractivity contribution in [1.29, 1.82) is 0 Å². The van der Waals surface area contributed by atoms with E-state index < -0.39 is 4.92 Å². The first-order valence-electron chi connectivity index (χ1n) is 9.53. The number of anilines is 1. The molecule has 1 fully saturated rings. The molecule has 1 aliphatic carbocycles. The van der Waals surface area contributed by atoms with Crippen molar-refractivity contribution >= 4 is 22.4 Å². The Bertz CT molecular complexity index is 988. The van der Waals surface area contributed by atoms with Crippen molar-refractivity contribution in [1.82, 2.24) is 9.97 Å². The van der Waals surface area contributed by atoms with E-state index in [9.17, 15) is 10.1 Å². The average molecular weight is 378 g/mol. The van der Waals surface area contributed by atoms with Crippen LogP contribution in [-0.2, 0) is 0 Å². The van der Waals surface area contributed by atoms with E-state index in [0.29, 0.717) is 16.7 Å². The first-order valence-corrected chi connectivity index (χ1v) is 9.53. The lowest BCUT2D eigenvalue weighted by Gasteiger charge is -2.17. The van der Waals surface area contributed by atoms with Gasteiger partial charge in [-0.1, -0.05) is 30.3 Å². The number of nitrogens with zero attached hydrogens (tertiary/aromatic N) is 3. The molecule has 0 aliphatic heterocycles. The predicted molar refractivity (Wildman–Crippen MR) is 108 cm³/mol. The molecule has 0 amide bonds. The summed E-state index contributed by atoms with van der Waals surface area (Å²) < 4.78 is 5.94. The second-order valence-corrected chi connectivity index (χ2v) is 7.12. The molecule has 1 saturated carbocycles. The highest BCUT2D eigenvalue weighted by Crippen LogP contribution is 2.36. The van der Waals surface area contributed by atoms with Crippen LogP contribution < -0.4 is 10.1 Å². The minimum Gasteiger partial charge on any atom is -0.483 e. The summed E-state index contributed by atoms with van der Waals surface area (Å²) >= 11 is 0. The molecule has 1 aromatic heterocycles. The summed E-state index contributed by atoms with van der Waals surface area (Å²) in [5.74, 6) is 0.849. The molecule has 0 saturated heterocycles. The molecule has 7 heteroatoms. The molecule has 1 aliphatic rings. The number of ether oxygens (including phenoxy) is 1. The lowest BCUT2D eigenvalue weighted by molar-refractivity contribution is -0.385. The summed E-state index contributed by atoms with van der Waals surface area (Å²) in [5, 5.41) is 15.6. The van der Waals surface area contributed by atoms with Gasteiger partial charge in [-0.05, 0) is 38.2 Å². The standard InChI is InChI=1S/C21H22N4O3/c1-14(15-7-3-2-4-8-15)24-21-17-11-19(25(26)27)20(12-18(17)22-13-23-21)28-16-9-5-6-10-16/h2-4,7-8,11-14,16H,5-6,9-10H2,1H3,(H,22,23,24). The molecule has 0 spiro atoms. The minimum atomic E-state index is -0.402. The average Bonchev–Trinajstić information content (AvgIpc) is 3.21. The van der Waals surface area contributed by atoms with Crippen LogP contribution in [0.1, 0.15) is 44.2 Å². The van der Waals surface area contributed by atoms with Crippen molar-refractivity contribution < 1.29 is 9.66 Å². The topological polar surface area (TPSA) is 90.2 Å². The summed E-state index contributed by atoms with van der Waals surface area (Å²) in [6, 6.07) is 13.1. The molecule has 28 heavy (non-hydrogen) atoms. The van der Waals surface area contributed by atoms with Crippen LogP contribution in [0.4, 0.5) is 11.5 Å². The molecular formula is C21H22N4O3. The van der Waals surface area contributed by atoms with Crippen molar-refractivity contribution in [3.05, 3.63) is 64.5 Å². The van der Waals surface area contributed by atoms with Crippen LogP contribution in [0, 0.1) is 10.1 Å². The summed E-state index contributed by atoms with van der Waals surface area (Å²) in [6.45, 7) is 2.02. The van der Waals surface area contributed by atoms with E-state index in [0.717, 1.165) is 31.2 Å². The van der Waals surface area contributed by atoms with E-state index in [1.165, 1.54) is 12.4 Å². The predicted octanol–water partition coefficient (Wildman–Crippen LogP) is 5.03. The van der Waals surface area contributed by atoms with E-state index in [1.54, 1.807) is 6.07 Å². The van der Waals surface area contributed by atoms with Gasteiger partial charge in [-0.2, -0.15) is 0 Å². The summed E-state index contributed by atoms with van der Waals surface area (Å²) in [4.78, 5) is 19.9. The second-order valence-electron chi connectivity index (χ2n) is 7.12.